The molecule has 1 saturated heterocycles. The maximum atomic E-state index is 12.1. The second-order valence-electron chi connectivity index (χ2n) is 6.20. The number of hydrogen-bond donors (Lipinski definition) is 1. The molecule has 136 valence electrons. The van der Waals surface area contributed by atoms with Gasteiger partial charge in [-0.25, -0.2) is 0 Å². The highest BCUT2D eigenvalue weighted by Gasteiger charge is 2.25. The van der Waals surface area contributed by atoms with Crippen molar-refractivity contribution < 1.29 is 19.1 Å². The van der Waals surface area contributed by atoms with Gasteiger partial charge in [0.15, 0.2) is 5.78 Å². The average molecular weight is 400 g/mol. The smallest absolute Gasteiger partial charge is 0.290 e. The van der Waals surface area contributed by atoms with Crippen LogP contribution in [0, 0.1) is 0 Å². The minimum Gasteiger partial charge on any atom is -0.455 e. The van der Waals surface area contributed by atoms with E-state index in [1.54, 1.807) is 30.3 Å². The van der Waals surface area contributed by atoms with E-state index in [-0.39, 0.29) is 11.0 Å². The summed E-state index contributed by atoms with van der Waals surface area (Å²) < 4.78 is 5.98. The summed E-state index contributed by atoms with van der Waals surface area (Å²) in [4.78, 5) is 35.3. The first-order valence-electron chi connectivity index (χ1n) is 8.38. The van der Waals surface area contributed by atoms with Gasteiger partial charge in [-0.05, 0) is 54.4 Å². The normalized spacial score (nSPS) is 17.8. The number of carbonyl (C=O) groups is 3. The van der Waals surface area contributed by atoms with E-state index in [1.165, 1.54) is 0 Å². The number of nitrogens with one attached hydrogen (secondary N) is 1. The van der Waals surface area contributed by atoms with Crippen LogP contribution in [0.15, 0.2) is 41.3 Å². The fourth-order valence-corrected chi connectivity index (χ4v) is 4.03. The van der Waals surface area contributed by atoms with E-state index in [4.69, 9.17) is 16.3 Å². The van der Waals surface area contributed by atoms with Gasteiger partial charge >= 0.3 is 0 Å². The number of fused-ring (bicyclic) bond motifs is 1. The number of carbonyl (C=O) groups excluding carboxylic acids is 3. The van der Waals surface area contributed by atoms with Gasteiger partial charge < -0.3 is 4.74 Å². The highest BCUT2D eigenvalue weighted by atomic mass is 35.5. The number of benzene rings is 2. The molecule has 0 aromatic heterocycles. The fourth-order valence-electron chi connectivity index (χ4n) is 3.12. The third-order valence-electron chi connectivity index (χ3n) is 4.38. The molecule has 1 aliphatic heterocycles. The van der Waals surface area contributed by atoms with E-state index in [2.05, 4.69) is 5.32 Å². The van der Waals surface area contributed by atoms with E-state index in [0.29, 0.717) is 39.0 Å². The molecule has 2 amide bonds. The van der Waals surface area contributed by atoms with Crippen LogP contribution >= 0.6 is 23.4 Å². The first-order valence-corrected chi connectivity index (χ1v) is 9.58. The minimum atomic E-state index is -0.415. The lowest BCUT2D eigenvalue weighted by molar-refractivity contribution is -0.115. The number of Topliss-reactive ketones (excluding diaryl/α,β-unsaturated/α-hetero) is 1. The predicted octanol–water partition coefficient (Wildman–Crippen LogP) is 4.98. The second-order valence-corrected chi connectivity index (χ2v) is 7.63. The molecule has 0 radical (unpaired) electrons. The van der Waals surface area contributed by atoms with Crippen molar-refractivity contribution in [1.29, 1.82) is 0 Å². The number of halogens is 1. The molecule has 0 spiro atoms. The maximum Gasteiger partial charge on any atom is 0.290 e. The zero-order valence-corrected chi connectivity index (χ0v) is 15.7. The van der Waals surface area contributed by atoms with Crippen LogP contribution in [0.25, 0.3) is 6.08 Å². The van der Waals surface area contributed by atoms with Crippen LogP contribution in [-0.2, 0) is 11.2 Å². The molecule has 2 aromatic rings. The van der Waals surface area contributed by atoms with Crippen molar-refractivity contribution >= 4 is 46.4 Å². The lowest BCUT2D eigenvalue weighted by Gasteiger charge is -2.19. The van der Waals surface area contributed by atoms with Crippen LogP contribution in [0.4, 0.5) is 4.79 Å². The molecule has 5 nitrogen and oxygen atoms in total. The van der Waals surface area contributed by atoms with Gasteiger partial charge in [-0.2, -0.15) is 0 Å². The quantitative estimate of drug-likeness (QED) is 0.737. The van der Waals surface area contributed by atoms with Crippen LogP contribution in [0.1, 0.15) is 34.3 Å². The second kappa shape index (κ2) is 7.21. The SMILES string of the molecule is O=C1NC(=O)/C(=C/c2ccc(Oc3cccc4c3CCCC4=O)c(Cl)c2)S1. The molecule has 7 heteroatoms. The Morgan fingerprint density at radius 2 is 1.93 bits per heavy atom. The Hall–Kier alpha value is -2.57. The van der Waals surface area contributed by atoms with Gasteiger partial charge in [0.05, 0.1) is 9.93 Å². The Morgan fingerprint density at radius 1 is 1.07 bits per heavy atom. The topological polar surface area (TPSA) is 72.5 Å². The number of ether oxygens (including phenoxy) is 1. The van der Waals surface area contributed by atoms with Crippen LogP contribution in [0.5, 0.6) is 11.5 Å². The highest BCUT2D eigenvalue weighted by Crippen LogP contribution is 2.36. The third-order valence-corrected chi connectivity index (χ3v) is 5.49. The molecule has 1 aliphatic carbocycles. The Morgan fingerprint density at radius 3 is 2.67 bits per heavy atom. The molecular formula is C20H14ClNO4S. The Kier molecular flexibility index (Phi) is 4.76. The van der Waals surface area contributed by atoms with Crippen LogP contribution in [0.2, 0.25) is 5.02 Å². The lowest BCUT2D eigenvalue weighted by atomic mass is 9.90. The zero-order chi connectivity index (χ0) is 19.0. The number of rotatable bonds is 3. The molecule has 27 heavy (non-hydrogen) atoms. The van der Waals surface area contributed by atoms with Crippen molar-refractivity contribution in [3.8, 4) is 11.5 Å². The molecular weight excluding hydrogens is 386 g/mol. The van der Waals surface area contributed by atoms with E-state index in [1.807, 2.05) is 12.1 Å². The van der Waals surface area contributed by atoms with Crippen molar-refractivity contribution in [2.75, 3.05) is 0 Å². The van der Waals surface area contributed by atoms with E-state index >= 15 is 0 Å². The summed E-state index contributed by atoms with van der Waals surface area (Å²) in [5.74, 6) is 0.813. The van der Waals surface area contributed by atoms with Gasteiger partial charge in [0.1, 0.15) is 11.5 Å². The van der Waals surface area contributed by atoms with Crippen molar-refractivity contribution in [2.24, 2.45) is 0 Å². The van der Waals surface area contributed by atoms with Crippen molar-refractivity contribution in [3.05, 3.63) is 63.0 Å². The van der Waals surface area contributed by atoms with Gasteiger partial charge in [0, 0.05) is 17.5 Å². The Labute approximate surface area is 164 Å². The lowest BCUT2D eigenvalue weighted by Crippen LogP contribution is -2.17. The van der Waals surface area contributed by atoms with Gasteiger partial charge in [0.25, 0.3) is 11.1 Å². The van der Waals surface area contributed by atoms with Crippen LogP contribution in [-0.4, -0.2) is 16.9 Å². The fraction of sp³-hybridized carbons (Fsp3) is 0.150. The molecule has 2 aliphatic rings. The number of ketones is 1. The van der Waals surface area contributed by atoms with E-state index < -0.39 is 5.91 Å². The standard InChI is InChI=1S/C20H14ClNO4S/c21-14-9-11(10-18-19(24)22-20(25)27-18)7-8-17(14)26-16-6-2-3-12-13(16)4-1-5-15(12)23/h2-3,6-10H,1,4-5H2,(H,22,24,25)/b18-10-. The summed E-state index contributed by atoms with van der Waals surface area (Å²) >= 11 is 7.20. The maximum absolute atomic E-state index is 12.1. The van der Waals surface area contributed by atoms with Gasteiger partial charge in [-0.15, -0.1) is 0 Å². The first kappa shape index (κ1) is 17.8. The van der Waals surface area contributed by atoms with Gasteiger partial charge in [-0.1, -0.05) is 29.8 Å². The summed E-state index contributed by atoms with van der Waals surface area (Å²) in [7, 11) is 0. The van der Waals surface area contributed by atoms with Crippen molar-refractivity contribution in [1.82, 2.24) is 5.32 Å². The minimum absolute atomic E-state index is 0.136. The molecule has 4 rings (SSSR count). The molecule has 0 bridgehead atoms. The number of thioether (sulfide) groups is 1. The summed E-state index contributed by atoms with van der Waals surface area (Å²) in [5, 5.41) is 2.20. The summed E-state index contributed by atoms with van der Waals surface area (Å²) in [6, 6.07) is 10.6. The number of amides is 2. The van der Waals surface area contributed by atoms with Crippen LogP contribution in [0.3, 0.4) is 0 Å². The summed E-state index contributed by atoms with van der Waals surface area (Å²) in [5.41, 5.74) is 2.31. The molecule has 0 atom stereocenters. The third kappa shape index (κ3) is 3.63. The molecule has 1 fully saturated rings. The van der Waals surface area contributed by atoms with Crippen molar-refractivity contribution in [3.63, 3.8) is 0 Å². The summed E-state index contributed by atoms with van der Waals surface area (Å²) in [6.45, 7) is 0. The van der Waals surface area contributed by atoms with E-state index in [0.717, 1.165) is 30.2 Å². The number of imide groups is 1. The zero-order valence-electron chi connectivity index (χ0n) is 14.1. The van der Waals surface area contributed by atoms with Crippen LogP contribution < -0.4 is 10.1 Å². The highest BCUT2D eigenvalue weighted by molar-refractivity contribution is 8.18. The van der Waals surface area contributed by atoms with E-state index in [9.17, 15) is 14.4 Å². The average Bonchev–Trinajstić information content (AvgIpc) is 2.95. The monoisotopic (exact) mass is 399 g/mol. The number of hydrogen-bond acceptors (Lipinski definition) is 5. The van der Waals surface area contributed by atoms with Crippen molar-refractivity contribution in [2.45, 2.75) is 19.3 Å². The molecule has 0 unspecified atom stereocenters. The molecule has 1 heterocycles. The molecule has 1 N–H and O–H groups in total. The largest absolute Gasteiger partial charge is 0.455 e. The Bertz CT molecular complexity index is 1020. The van der Waals surface area contributed by atoms with Gasteiger partial charge in [-0.3, -0.25) is 19.7 Å². The molecule has 2 aromatic carbocycles. The first-order chi connectivity index (χ1) is 13.0. The predicted molar refractivity (Wildman–Crippen MR) is 104 cm³/mol. The Balaban J connectivity index is 1.61. The summed E-state index contributed by atoms with van der Waals surface area (Å²) in [6.07, 6.45) is 3.77. The molecule has 0 saturated carbocycles. The van der Waals surface area contributed by atoms with Gasteiger partial charge in [0.2, 0.25) is 0 Å².